The first kappa shape index (κ1) is 14.9. The van der Waals surface area contributed by atoms with Crippen LogP contribution in [0.15, 0.2) is 32.8 Å². The van der Waals surface area contributed by atoms with Gasteiger partial charge in [0.1, 0.15) is 4.21 Å². The zero-order chi connectivity index (χ0) is 13.3. The van der Waals surface area contributed by atoms with Crippen LogP contribution in [0.2, 0.25) is 0 Å². The van der Waals surface area contributed by atoms with Gasteiger partial charge in [0.05, 0.1) is 0 Å². The predicted octanol–water partition coefficient (Wildman–Crippen LogP) is 3.49. The Balaban J connectivity index is 3.28. The molecule has 0 unspecified atom stereocenters. The summed E-state index contributed by atoms with van der Waals surface area (Å²) >= 11 is 4.48. The van der Waals surface area contributed by atoms with Gasteiger partial charge in [-0.3, -0.25) is 0 Å². The molecule has 1 aromatic rings. The highest BCUT2D eigenvalue weighted by molar-refractivity contribution is 9.10. The first-order valence-corrected chi connectivity index (χ1v) is 8.19. The molecular weight excluding hydrogens is 322 g/mol. The van der Waals surface area contributed by atoms with Gasteiger partial charge in [-0.05, 0) is 48.1 Å². The Morgan fingerprint density at radius 3 is 2.47 bits per heavy atom. The lowest BCUT2D eigenvalue weighted by Crippen LogP contribution is -2.45. The number of rotatable bonds is 4. The number of thiophene rings is 1. The van der Waals surface area contributed by atoms with Gasteiger partial charge in [0, 0.05) is 16.6 Å². The zero-order valence-electron chi connectivity index (χ0n) is 10.1. The molecule has 0 radical (unpaired) electrons. The van der Waals surface area contributed by atoms with Gasteiger partial charge < -0.3 is 0 Å². The fourth-order valence-corrected chi connectivity index (χ4v) is 5.58. The number of halogens is 1. The standard InChI is InChI=1S/C11H16BrNO2S2/c1-5-7-13(11(2,3)4)17(14,15)10-9(12)6-8-16-10/h5-6,8H,1,7H2,2-4H3. The fraction of sp³-hybridized carbons (Fsp3) is 0.455. The molecule has 0 aliphatic rings. The molecule has 1 rings (SSSR count). The average molecular weight is 338 g/mol. The van der Waals surface area contributed by atoms with Crippen molar-refractivity contribution in [1.29, 1.82) is 0 Å². The molecule has 1 heterocycles. The predicted molar refractivity (Wildman–Crippen MR) is 75.9 cm³/mol. The van der Waals surface area contributed by atoms with Crippen molar-refractivity contribution in [3.8, 4) is 0 Å². The van der Waals surface area contributed by atoms with Gasteiger partial charge in [-0.1, -0.05) is 6.08 Å². The highest BCUT2D eigenvalue weighted by Crippen LogP contribution is 2.33. The summed E-state index contributed by atoms with van der Waals surface area (Å²) in [6.45, 7) is 9.53. The largest absolute Gasteiger partial charge is 0.254 e. The Bertz CT molecular complexity index is 500. The Morgan fingerprint density at radius 1 is 1.53 bits per heavy atom. The van der Waals surface area contributed by atoms with Crippen LogP contribution < -0.4 is 0 Å². The van der Waals surface area contributed by atoms with Crippen LogP contribution in [0, 0.1) is 0 Å². The van der Waals surface area contributed by atoms with E-state index in [4.69, 9.17) is 0 Å². The van der Waals surface area contributed by atoms with Crippen molar-refractivity contribution in [1.82, 2.24) is 4.31 Å². The molecule has 0 fully saturated rings. The van der Waals surface area contributed by atoms with Crippen LogP contribution in [0.1, 0.15) is 20.8 Å². The molecule has 0 saturated carbocycles. The Labute approximate surface area is 115 Å². The summed E-state index contributed by atoms with van der Waals surface area (Å²) in [5.41, 5.74) is -0.476. The maximum atomic E-state index is 12.5. The van der Waals surface area contributed by atoms with Crippen LogP contribution in [-0.4, -0.2) is 24.8 Å². The van der Waals surface area contributed by atoms with E-state index in [1.54, 1.807) is 17.5 Å². The van der Waals surface area contributed by atoms with Crippen LogP contribution in [0.4, 0.5) is 0 Å². The van der Waals surface area contributed by atoms with Crippen molar-refractivity contribution >= 4 is 37.3 Å². The normalized spacial score (nSPS) is 13.0. The van der Waals surface area contributed by atoms with Crippen molar-refractivity contribution in [2.24, 2.45) is 0 Å². The lowest BCUT2D eigenvalue weighted by molar-refractivity contribution is 0.270. The summed E-state index contributed by atoms with van der Waals surface area (Å²) in [5.74, 6) is 0. The molecule has 17 heavy (non-hydrogen) atoms. The summed E-state index contributed by atoms with van der Waals surface area (Å²) < 4.78 is 27.4. The second kappa shape index (κ2) is 5.22. The molecule has 96 valence electrons. The highest BCUT2D eigenvalue weighted by atomic mass is 79.9. The fourth-order valence-electron chi connectivity index (χ4n) is 1.41. The number of nitrogens with zero attached hydrogens (tertiary/aromatic N) is 1. The number of hydrogen-bond donors (Lipinski definition) is 0. The van der Waals surface area contributed by atoms with Crippen molar-refractivity contribution in [3.63, 3.8) is 0 Å². The topological polar surface area (TPSA) is 37.4 Å². The molecule has 1 aromatic heterocycles. The van der Waals surface area contributed by atoms with Crippen molar-refractivity contribution in [2.45, 2.75) is 30.5 Å². The summed E-state index contributed by atoms with van der Waals surface area (Å²) in [5, 5.41) is 1.76. The first-order chi connectivity index (χ1) is 7.71. The molecule has 0 spiro atoms. The van der Waals surface area contributed by atoms with Gasteiger partial charge in [-0.25, -0.2) is 8.42 Å². The van der Waals surface area contributed by atoms with E-state index in [9.17, 15) is 8.42 Å². The average Bonchev–Trinajstić information content (AvgIpc) is 2.59. The van der Waals surface area contributed by atoms with Crippen LogP contribution >= 0.6 is 27.3 Å². The second-order valence-corrected chi connectivity index (χ2v) is 8.38. The lowest BCUT2D eigenvalue weighted by Gasteiger charge is -2.33. The first-order valence-electron chi connectivity index (χ1n) is 5.08. The Kier molecular flexibility index (Phi) is 4.57. The smallest absolute Gasteiger partial charge is 0.206 e. The molecule has 0 aliphatic heterocycles. The summed E-state index contributed by atoms with van der Waals surface area (Å²) in [6, 6.07) is 1.74. The van der Waals surface area contributed by atoms with Gasteiger partial charge in [-0.2, -0.15) is 4.31 Å². The van der Waals surface area contributed by atoms with Crippen molar-refractivity contribution in [3.05, 3.63) is 28.6 Å². The molecular formula is C11H16BrNO2S2. The van der Waals surface area contributed by atoms with E-state index in [0.717, 1.165) is 0 Å². The number of sulfonamides is 1. The Morgan fingerprint density at radius 2 is 2.12 bits per heavy atom. The highest BCUT2D eigenvalue weighted by Gasteiger charge is 2.34. The van der Waals surface area contributed by atoms with Gasteiger partial charge >= 0.3 is 0 Å². The van der Waals surface area contributed by atoms with E-state index in [-0.39, 0.29) is 0 Å². The zero-order valence-corrected chi connectivity index (χ0v) is 13.3. The molecule has 0 atom stereocenters. The Hall–Kier alpha value is -0.170. The number of hydrogen-bond acceptors (Lipinski definition) is 3. The minimum atomic E-state index is -3.47. The van der Waals surface area contributed by atoms with Gasteiger partial charge in [0.25, 0.3) is 10.0 Å². The molecule has 0 saturated heterocycles. The van der Waals surface area contributed by atoms with Crippen molar-refractivity contribution < 1.29 is 8.42 Å². The van der Waals surface area contributed by atoms with E-state index in [1.165, 1.54) is 15.6 Å². The van der Waals surface area contributed by atoms with E-state index in [1.807, 2.05) is 20.8 Å². The van der Waals surface area contributed by atoms with E-state index < -0.39 is 15.6 Å². The van der Waals surface area contributed by atoms with Gasteiger partial charge in [-0.15, -0.1) is 17.9 Å². The van der Waals surface area contributed by atoms with Crippen LogP contribution in [0.3, 0.4) is 0 Å². The minimum absolute atomic E-state index is 0.302. The second-order valence-electron chi connectivity index (χ2n) is 4.55. The monoisotopic (exact) mass is 337 g/mol. The third kappa shape index (κ3) is 3.19. The SMILES string of the molecule is C=CCN(C(C)(C)C)S(=O)(=O)c1sccc1Br. The van der Waals surface area contributed by atoms with Gasteiger partial charge in [0.15, 0.2) is 0 Å². The van der Waals surface area contributed by atoms with E-state index in [0.29, 0.717) is 15.2 Å². The van der Waals surface area contributed by atoms with Crippen LogP contribution in [0.25, 0.3) is 0 Å². The molecule has 3 nitrogen and oxygen atoms in total. The molecule has 0 N–H and O–H groups in total. The van der Waals surface area contributed by atoms with E-state index >= 15 is 0 Å². The third-order valence-corrected chi connectivity index (χ3v) is 6.93. The maximum Gasteiger partial charge on any atom is 0.254 e. The molecule has 0 aliphatic carbocycles. The van der Waals surface area contributed by atoms with Gasteiger partial charge in [0.2, 0.25) is 0 Å². The molecule has 0 aromatic carbocycles. The quantitative estimate of drug-likeness (QED) is 0.788. The lowest BCUT2D eigenvalue weighted by atomic mass is 10.1. The van der Waals surface area contributed by atoms with Crippen molar-refractivity contribution in [2.75, 3.05) is 6.54 Å². The molecule has 6 heteroatoms. The molecule has 0 amide bonds. The summed E-state index contributed by atoms with van der Waals surface area (Å²) in [4.78, 5) is 0. The summed E-state index contributed by atoms with van der Waals surface area (Å²) in [7, 11) is -3.47. The third-order valence-electron chi connectivity index (χ3n) is 2.15. The van der Waals surface area contributed by atoms with E-state index in [2.05, 4.69) is 22.5 Å². The maximum absolute atomic E-state index is 12.5. The van der Waals surface area contributed by atoms with Crippen LogP contribution in [0.5, 0.6) is 0 Å². The molecule has 0 bridgehead atoms. The van der Waals surface area contributed by atoms with Crippen LogP contribution in [-0.2, 0) is 10.0 Å². The summed E-state index contributed by atoms with van der Waals surface area (Å²) in [6.07, 6.45) is 1.60. The minimum Gasteiger partial charge on any atom is -0.206 e.